The molecule has 0 bridgehead atoms. The number of hydrogen-bond acceptors (Lipinski definition) is 4. The summed E-state index contributed by atoms with van der Waals surface area (Å²) in [7, 11) is 1.55. The Hall–Kier alpha value is -1.62. The largest absolute Gasteiger partial charge is 0.491 e. The van der Waals surface area contributed by atoms with E-state index in [4.69, 9.17) is 9.47 Å². The molecule has 0 heterocycles. The molecule has 0 amide bonds. The van der Waals surface area contributed by atoms with Gasteiger partial charge in [0.1, 0.15) is 12.4 Å². The molecule has 0 aliphatic rings. The van der Waals surface area contributed by atoms with Gasteiger partial charge in [0.05, 0.1) is 13.2 Å². The van der Waals surface area contributed by atoms with Gasteiger partial charge in [0.15, 0.2) is 0 Å². The maximum atomic E-state index is 13.9. The Morgan fingerprint density at radius 1 is 1.33 bits per heavy atom. The lowest BCUT2D eigenvalue weighted by Crippen LogP contribution is -2.14. The predicted molar refractivity (Wildman–Crippen MR) is 64.3 cm³/mol. The Labute approximate surface area is 106 Å². The SMILES string of the molecule is CCOC(=O)C(F)c1ccccc1OCCOC. The minimum Gasteiger partial charge on any atom is -0.491 e. The first-order valence-electron chi connectivity index (χ1n) is 5.72. The van der Waals surface area contributed by atoms with Gasteiger partial charge in [-0.15, -0.1) is 0 Å². The third kappa shape index (κ3) is 4.00. The van der Waals surface area contributed by atoms with E-state index < -0.39 is 12.1 Å². The monoisotopic (exact) mass is 256 g/mol. The van der Waals surface area contributed by atoms with Crippen LogP contribution in [0.25, 0.3) is 0 Å². The molecule has 1 atom stereocenters. The lowest BCUT2D eigenvalue weighted by atomic mass is 10.1. The molecule has 1 aromatic carbocycles. The molecule has 5 heteroatoms. The van der Waals surface area contributed by atoms with Crippen LogP contribution in [0.15, 0.2) is 24.3 Å². The number of halogens is 1. The number of alkyl halides is 1. The number of carbonyl (C=O) groups excluding carboxylic acids is 1. The number of carbonyl (C=O) groups is 1. The number of rotatable bonds is 7. The molecule has 0 saturated carbocycles. The molecule has 4 nitrogen and oxygen atoms in total. The second kappa shape index (κ2) is 7.66. The van der Waals surface area contributed by atoms with Crippen LogP contribution in [0.4, 0.5) is 4.39 Å². The molecule has 0 N–H and O–H groups in total. The molecule has 1 aromatic rings. The summed E-state index contributed by atoms with van der Waals surface area (Å²) in [5.74, 6) is -0.574. The van der Waals surface area contributed by atoms with Gasteiger partial charge in [0.2, 0.25) is 6.17 Å². The van der Waals surface area contributed by atoms with Crippen molar-refractivity contribution < 1.29 is 23.4 Å². The van der Waals surface area contributed by atoms with E-state index in [1.807, 2.05) is 0 Å². The molecule has 1 rings (SSSR count). The molecule has 0 spiro atoms. The fraction of sp³-hybridized carbons (Fsp3) is 0.462. The van der Waals surface area contributed by atoms with Crippen LogP contribution in [0.2, 0.25) is 0 Å². The zero-order valence-electron chi connectivity index (χ0n) is 10.5. The van der Waals surface area contributed by atoms with Gasteiger partial charge in [-0.3, -0.25) is 0 Å². The second-order valence-electron chi connectivity index (χ2n) is 3.49. The second-order valence-corrected chi connectivity index (χ2v) is 3.49. The maximum absolute atomic E-state index is 13.9. The minimum atomic E-state index is -1.83. The predicted octanol–water partition coefficient (Wildman–Crippen LogP) is 2.29. The Morgan fingerprint density at radius 2 is 2.06 bits per heavy atom. The summed E-state index contributed by atoms with van der Waals surface area (Å²) in [6.45, 7) is 2.46. The standard InChI is InChI=1S/C13H17FO4/c1-3-17-13(15)12(14)10-6-4-5-7-11(10)18-9-8-16-2/h4-7,12H,3,8-9H2,1-2H3. The van der Waals surface area contributed by atoms with Crippen molar-refractivity contribution in [3.63, 3.8) is 0 Å². The molecule has 0 radical (unpaired) electrons. The van der Waals surface area contributed by atoms with Crippen LogP contribution in [-0.2, 0) is 14.3 Å². The summed E-state index contributed by atoms with van der Waals surface area (Å²) >= 11 is 0. The first-order valence-corrected chi connectivity index (χ1v) is 5.72. The number of ether oxygens (including phenoxy) is 3. The lowest BCUT2D eigenvalue weighted by Gasteiger charge is -2.13. The van der Waals surface area contributed by atoms with E-state index in [1.54, 1.807) is 32.2 Å². The fourth-order valence-corrected chi connectivity index (χ4v) is 1.40. The van der Waals surface area contributed by atoms with Gasteiger partial charge in [-0.05, 0) is 13.0 Å². The number of esters is 1. The number of methoxy groups -OCH3 is 1. The molecular formula is C13H17FO4. The zero-order chi connectivity index (χ0) is 13.4. The summed E-state index contributed by atoms with van der Waals surface area (Å²) in [5, 5.41) is 0. The third-order valence-corrected chi connectivity index (χ3v) is 2.23. The van der Waals surface area contributed by atoms with Crippen molar-refractivity contribution in [2.45, 2.75) is 13.1 Å². The number of hydrogen-bond donors (Lipinski definition) is 0. The van der Waals surface area contributed by atoms with Gasteiger partial charge in [-0.2, -0.15) is 0 Å². The van der Waals surface area contributed by atoms with E-state index in [-0.39, 0.29) is 12.2 Å². The first kappa shape index (κ1) is 14.4. The van der Waals surface area contributed by atoms with Crippen molar-refractivity contribution in [2.75, 3.05) is 26.9 Å². The molecule has 18 heavy (non-hydrogen) atoms. The molecule has 100 valence electrons. The molecule has 0 saturated heterocycles. The van der Waals surface area contributed by atoms with E-state index >= 15 is 0 Å². The summed E-state index contributed by atoms with van der Waals surface area (Å²) in [6.07, 6.45) is -1.83. The molecule has 0 aromatic heterocycles. The Kier molecular flexibility index (Phi) is 6.14. The van der Waals surface area contributed by atoms with Crippen LogP contribution in [-0.4, -0.2) is 32.9 Å². The van der Waals surface area contributed by atoms with E-state index in [2.05, 4.69) is 4.74 Å². The highest BCUT2D eigenvalue weighted by Gasteiger charge is 2.24. The van der Waals surface area contributed by atoms with Gasteiger partial charge in [-0.25, -0.2) is 9.18 Å². The van der Waals surface area contributed by atoms with Gasteiger partial charge in [0, 0.05) is 12.7 Å². The van der Waals surface area contributed by atoms with Crippen molar-refractivity contribution in [1.82, 2.24) is 0 Å². The summed E-state index contributed by atoms with van der Waals surface area (Å²) < 4.78 is 28.7. The van der Waals surface area contributed by atoms with Crippen LogP contribution in [0.3, 0.4) is 0 Å². The molecule has 0 fully saturated rings. The molecule has 1 unspecified atom stereocenters. The van der Waals surface area contributed by atoms with Crippen molar-refractivity contribution in [3.8, 4) is 5.75 Å². The Balaban J connectivity index is 2.77. The molecule has 0 aliphatic heterocycles. The average Bonchev–Trinajstić information content (AvgIpc) is 2.39. The molecule has 0 aliphatic carbocycles. The van der Waals surface area contributed by atoms with E-state index in [0.29, 0.717) is 19.0 Å². The maximum Gasteiger partial charge on any atom is 0.345 e. The zero-order valence-corrected chi connectivity index (χ0v) is 10.5. The summed E-state index contributed by atoms with van der Waals surface area (Å²) in [6, 6.07) is 6.47. The average molecular weight is 256 g/mol. The smallest absolute Gasteiger partial charge is 0.345 e. The minimum absolute atomic E-state index is 0.145. The highest BCUT2D eigenvalue weighted by atomic mass is 19.1. The van der Waals surface area contributed by atoms with Crippen molar-refractivity contribution in [2.24, 2.45) is 0 Å². The van der Waals surface area contributed by atoms with Crippen LogP contribution < -0.4 is 4.74 Å². The van der Waals surface area contributed by atoms with Crippen LogP contribution in [0.1, 0.15) is 18.7 Å². The van der Waals surface area contributed by atoms with E-state index in [9.17, 15) is 9.18 Å². The molecular weight excluding hydrogens is 239 g/mol. The van der Waals surface area contributed by atoms with E-state index in [0.717, 1.165) is 0 Å². The number of benzene rings is 1. The Morgan fingerprint density at radius 3 is 2.72 bits per heavy atom. The topological polar surface area (TPSA) is 44.8 Å². The van der Waals surface area contributed by atoms with Crippen LogP contribution in [0, 0.1) is 0 Å². The fourth-order valence-electron chi connectivity index (χ4n) is 1.40. The first-order chi connectivity index (χ1) is 8.70. The number of para-hydroxylation sites is 1. The van der Waals surface area contributed by atoms with Gasteiger partial charge in [0.25, 0.3) is 0 Å². The van der Waals surface area contributed by atoms with Gasteiger partial charge < -0.3 is 14.2 Å². The normalized spacial score (nSPS) is 11.9. The van der Waals surface area contributed by atoms with Crippen molar-refractivity contribution >= 4 is 5.97 Å². The van der Waals surface area contributed by atoms with Gasteiger partial charge >= 0.3 is 5.97 Å². The quantitative estimate of drug-likeness (QED) is 0.554. The van der Waals surface area contributed by atoms with Crippen molar-refractivity contribution in [3.05, 3.63) is 29.8 Å². The van der Waals surface area contributed by atoms with E-state index in [1.165, 1.54) is 6.07 Å². The highest BCUT2D eigenvalue weighted by molar-refractivity contribution is 5.77. The lowest BCUT2D eigenvalue weighted by molar-refractivity contribution is -0.149. The van der Waals surface area contributed by atoms with Crippen LogP contribution in [0.5, 0.6) is 5.75 Å². The third-order valence-electron chi connectivity index (χ3n) is 2.23. The Bertz CT molecular complexity index is 381. The summed E-state index contributed by atoms with van der Waals surface area (Å²) in [4.78, 5) is 11.3. The van der Waals surface area contributed by atoms with Gasteiger partial charge in [-0.1, -0.05) is 18.2 Å². The van der Waals surface area contributed by atoms with Crippen molar-refractivity contribution in [1.29, 1.82) is 0 Å². The van der Waals surface area contributed by atoms with Crippen LogP contribution >= 0.6 is 0 Å². The summed E-state index contributed by atoms with van der Waals surface area (Å²) in [5.41, 5.74) is 0.173. The highest BCUT2D eigenvalue weighted by Crippen LogP contribution is 2.28.